The number of para-hydroxylation sites is 1. The van der Waals surface area contributed by atoms with E-state index in [0.29, 0.717) is 6.54 Å². The summed E-state index contributed by atoms with van der Waals surface area (Å²) in [6.45, 7) is 1.32. The van der Waals surface area contributed by atoms with Crippen LogP contribution in [0.3, 0.4) is 0 Å². The third kappa shape index (κ3) is 4.13. The molecule has 0 saturated heterocycles. The zero-order valence-electron chi connectivity index (χ0n) is 11.4. The molecule has 0 saturated carbocycles. The summed E-state index contributed by atoms with van der Waals surface area (Å²) >= 11 is 0. The maximum atomic E-state index is 11.9. The Balaban J connectivity index is 1.78. The molecule has 0 fully saturated rings. The van der Waals surface area contributed by atoms with E-state index in [0.717, 1.165) is 19.4 Å². The maximum absolute atomic E-state index is 11.9. The van der Waals surface area contributed by atoms with Crippen LogP contribution in [-0.2, 0) is 6.54 Å². The zero-order valence-corrected chi connectivity index (χ0v) is 11.4. The number of nitrogens with zero attached hydrogens (tertiary/aromatic N) is 3. The number of unbranched alkanes of at least 4 members (excludes halogenated alkanes) is 1. The number of amides is 1. The molecule has 0 unspecified atom stereocenters. The largest absolute Gasteiger partial charge is 0.352 e. The lowest BCUT2D eigenvalue weighted by Crippen LogP contribution is -2.25. The van der Waals surface area contributed by atoms with Gasteiger partial charge in [0.2, 0.25) is 0 Å². The van der Waals surface area contributed by atoms with E-state index in [1.807, 2.05) is 10.8 Å². The van der Waals surface area contributed by atoms with Crippen molar-refractivity contribution >= 4 is 11.6 Å². The zero-order chi connectivity index (χ0) is 15.1. The second-order valence-electron chi connectivity index (χ2n) is 4.54. The highest BCUT2D eigenvalue weighted by atomic mass is 16.6. The number of nitrogens with one attached hydrogen (secondary N) is 1. The van der Waals surface area contributed by atoms with Crippen LogP contribution in [0.1, 0.15) is 23.2 Å². The smallest absolute Gasteiger partial charge is 0.282 e. The van der Waals surface area contributed by atoms with Crippen molar-refractivity contribution in [1.29, 1.82) is 0 Å². The molecule has 1 heterocycles. The quantitative estimate of drug-likeness (QED) is 0.479. The van der Waals surface area contributed by atoms with Gasteiger partial charge < -0.3 is 9.88 Å². The van der Waals surface area contributed by atoms with Gasteiger partial charge in [0.1, 0.15) is 5.56 Å². The monoisotopic (exact) mass is 288 g/mol. The number of hydrogen-bond acceptors (Lipinski definition) is 4. The summed E-state index contributed by atoms with van der Waals surface area (Å²) in [5.41, 5.74) is -0.0782. The molecule has 0 aliphatic carbocycles. The number of carbonyl (C=O) groups excluding carboxylic acids is 1. The van der Waals surface area contributed by atoms with E-state index < -0.39 is 10.8 Å². The normalized spacial score (nSPS) is 10.3. The SMILES string of the molecule is O=C(NCCCCn1ccnc1)c1ccccc1[N+](=O)[O-]. The molecule has 7 heteroatoms. The number of aromatic nitrogens is 2. The predicted octanol–water partition coefficient (Wildman–Crippen LogP) is 2.00. The first-order valence-corrected chi connectivity index (χ1v) is 6.66. The molecule has 2 rings (SSSR count). The average Bonchev–Trinajstić information content (AvgIpc) is 3.00. The van der Waals surface area contributed by atoms with Gasteiger partial charge in [-0.15, -0.1) is 0 Å². The Morgan fingerprint density at radius 2 is 2.14 bits per heavy atom. The molecule has 110 valence electrons. The minimum atomic E-state index is -0.548. The van der Waals surface area contributed by atoms with E-state index in [9.17, 15) is 14.9 Å². The number of hydrogen-bond donors (Lipinski definition) is 1. The van der Waals surface area contributed by atoms with Crippen LogP contribution in [0.2, 0.25) is 0 Å². The van der Waals surface area contributed by atoms with Crippen LogP contribution in [0.15, 0.2) is 43.0 Å². The Morgan fingerprint density at radius 3 is 2.86 bits per heavy atom. The summed E-state index contributed by atoms with van der Waals surface area (Å²) < 4.78 is 1.96. The average molecular weight is 288 g/mol. The number of benzene rings is 1. The Kier molecular flexibility index (Phi) is 5.03. The van der Waals surface area contributed by atoms with Crippen LogP contribution in [0.25, 0.3) is 0 Å². The first-order chi connectivity index (χ1) is 10.2. The van der Waals surface area contributed by atoms with Gasteiger partial charge in [0.15, 0.2) is 0 Å². The lowest BCUT2D eigenvalue weighted by atomic mass is 10.1. The van der Waals surface area contributed by atoms with Crippen LogP contribution in [0.5, 0.6) is 0 Å². The molecule has 1 amide bonds. The van der Waals surface area contributed by atoms with Gasteiger partial charge >= 0.3 is 0 Å². The summed E-state index contributed by atoms with van der Waals surface area (Å²) in [6.07, 6.45) is 7.03. The fraction of sp³-hybridized carbons (Fsp3) is 0.286. The van der Waals surface area contributed by atoms with Gasteiger partial charge in [0, 0.05) is 31.5 Å². The number of rotatable bonds is 7. The third-order valence-corrected chi connectivity index (χ3v) is 3.03. The molecule has 0 aliphatic rings. The van der Waals surface area contributed by atoms with Crippen molar-refractivity contribution in [3.8, 4) is 0 Å². The van der Waals surface area contributed by atoms with Gasteiger partial charge in [-0.2, -0.15) is 0 Å². The standard InChI is InChI=1S/C14H16N4O3/c19-14(12-5-1-2-6-13(12)18(20)21)16-7-3-4-9-17-10-8-15-11-17/h1-2,5-6,8,10-11H,3-4,7,9H2,(H,16,19). The molecule has 1 aromatic carbocycles. The van der Waals surface area contributed by atoms with Gasteiger partial charge in [0.05, 0.1) is 11.3 Å². The molecule has 0 bridgehead atoms. The van der Waals surface area contributed by atoms with E-state index in [-0.39, 0.29) is 11.3 Å². The van der Waals surface area contributed by atoms with Crippen molar-refractivity contribution in [2.75, 3.05) is 6.54 Å². The summed E-state index contributed by atoms with van der Waals surface area (Å²) in [5.74, 6) is -0.412. The maximum Gasteiger partial charge on any atom is 0.282 e. The molecule has 0 aliphatic heterocycles. The van der Waals surface area contributed by atoms with Crippen LogP contribution >= 0.6 is 0 Å². The lowest BCUT2D eigenvalue weighted by molar-refractivity contribution is -0.385. The Bertz CT molecular complexity index is 610. The summed E-state index contributed by atoms with van der Waals surface area (Å²) in [6, 6.07) is 5.94. The van der Waals surface area contributed by atoms with Crippen molar-refractivity contribution in [3.63, 3.8) is 0 Å². The van der Waals surface area contributed by atoms with E-state index in [1.54, 1.807) is 24.7 Å². The van der Waals surface area contributed by atoms with Crippen molar-refractivity contribution in [1.82, 2.24) is 14.9 Å². The fourth-order valence-electron chi connectivity index (χ4n) is 1.96. The van der Waals surface area contributed by atoms with Gasteiger partial charge in [-0.3, -0.25) is 14.9 Å². The van der Waals surface area contributed by atoms with Crippen LogP contribution in [-0.4, -0.2) is 26.9 Å². The molecular weight excluding hydrogens is 272 g/mol. The van der Waals surface area contributed by atoms with E-state index in [2.05, 4.69) is 10.3 Å². The number of nitro groups is 1. The van der Waals surface area contributed by atoms with Crippen molar-refractivity contribution in [3.05, 3.63) is 58.7 Å². The highest BCUT2D eigenvalue weighted by Crippen LogP contribution is 2.17. The second kappa shape index (κ2) is 7.18. The minimum absolute atomic E-state index is 0.0945. The first-order valence-electron chi connectivity index (χ1n) is 6.66. The van der Waals surface area contributed by atoms with Crippen LogP contribution < -0.4 is 5.32 Å². The van der Waals surface area contributed by atoms with Crippen molar-refractivity contribution < 1.29 is 9.72 Å². The second-order valence-corrected chi connectivity index (χ2v) is 4.54. The Morgan fingerprint density at radius 1 is 1.33 bits per heavy atom. The summed E-state index contributed by atoms with van der Waals surface area (Å²) in [4.78, 5) is 26.2. The molecule has 2 aromatic rings. The molecule has 7 nitrogen and oxygen atoms in total. The summed E-state index contributed by atoms with van der Waals surface area (Å²) in [5, 5.41) is 13.6. The molecule has 0 radical (unpaired) electrons. The molecule has 21 heavy (non-hydrogen) atoms. The molecular formula is C14H16N4O3. The minimum Gasteiger partial charge on any atom is -0.352 e. The summed E-state index contributed by atoms with van der Waals surface area (Å²) in [7, 11) is 0. The molecule has 0 atom stereocenters. The Hall–Kier alpha value is -2.70. The molecule has 1 N–H and O–H groups in total. The van der Waals surface area contributed by atoms with Gasteiger partial charge in [-0.05, 0) is 18.9 Å². The third-order valence-electron chi connectivity index (χ3n) is 3.03. The highest BCUT2D eigenvalue weighted by Gasteiger charge is 2.18. The molecule has 0 spiro atoms. The van der Waals surface area contributed by atoms with Crippen LogP contribution in [0, 0.1) is 10.1 Å². The number of imidazole rings is 1. The fourth-order valence-corrected chi connectivity index (χ4v) is 1.96. The molecule has 1 aromatic heterocycles. The highest BCUT2D eigenvalue weighted by molar-refractivity contribution is 5.98. The van der Waals surface area contributed by atoms with E-state index >= 15 is 0 Å². The number of nitro benzene ring substituents is 1. The lowest BCUT2D eigenvalue weighted by Gasteiger charge is -2.06. The topological polar surface area (TPSA) is 90.1 Å². The van der Waals surface area contributed by atoms with Crippen molar-refractivity contribution in [2.24, 2.45) is 0 Å². The van der Waals surface area contributed by atoms with Crippen LogP contribution in [0.4, 0.5) is 5.69 Å². The predicted molar refractivity (Wildman–Crippen MR) is 76.9 cm³/mol. The van der Waals surface area contributed by atoms with Crippen molar-refractivity contribution in [2.45, 2.75) is 19.4 Å². The van der Waals surface area contributed by atoms with Gasteiger partial charge in [0.25, 0.3) is 11.6 Å². The number of aryl methyl sites for hydroxylation is 1. The van der Waals surface area contributed by atoms with E-state index in [1.165, 1.54) is 12.1 Å². The van der Waals surface area contributed by atoms with Gasteiger partial charge in [-0.1, -0.05) is 12.1 Å². The van der Waals surface area contributed by atoms with Gasteiger partial charge in [-0.25, -0.2) is 4.98 Å². The van der Waals surface area contributed by atoms with E-state index in [4.69, 9.17) is 0 Å². The number of carbonyl (C=O) groups is 1. The first kappa shape index (κ1) is 14.7. The Labute approximate surface area is 121 Å².